The van der Waals surface area contributed by atoms with Gasteiger partial charge in [-0.3, -0.25) is 0 Å². The van der Waals surface area contributed by atoms with Gasteiger partial charge in [-0.15, -0.1) is 0 Å². The van der Waals surface area contributed by atoms with E-state index in [9.17, 15) is 9.90 Å². The van der Waals surface area contributed by atoms with E-state index < -0.39 is 12.0 Å². The number of aromatic nitrogens is 3. The van der Waals surface area contributed by atoms with E-state index in [0.29, 0.717) is 41.7 Å². The SMILES string of the molecule is Cc1nc(N2CCC[C@H]2C(=O)O)c2nc(C)oc2n1. The Balaban J connectivity index is 2.16. The van der Waals surface area contributed by atoms with Crippen LogP contribution in [-0.4, -0.2) is 38.6 Å². The van der Waals surface area contributed by atoms with Crippen LogP contribution in [0.15, 0.2) is 4.42 Å². The molecule has 0 radical (unpaired) electrons. The van der Waals surface area contributed by atoms with Crippen LogP contribution in [0.5, 0.6) is 0 Å². The molecule has 19 heavy (non-hydrogen) atoms. The van der Waals surface area contributed by atoms with Gasteiger partial charge in [0, 0.05) is 13.5 Å². The van der Waals surface area contributed by atoms with Crippen LogP contribution in [0.2, 0.25) is 0 Å². The molecule has 2 aromatic heterocycles. The van der Waals surface area contributed by atoms with E-state index in [1.54, 1.807) is 18.7 Å². The molecule has 100 valence electrons. The van der Waals surface area contributed by atoms with Gasteiger partial charge in [0.15, 0.2) is 17.2 Å². The van der Waals surface area contributed by atoms with E-state index in [1.165, 1.54) is 0 Å². The Labute approximate surface area is 109 Å². The summed E-state index contributed by atoms with van der Waals surface area (Å²) in [5, 5.41) is 9.26. The molecule has 0 amide bonds. The molecule has 0 aromatic carbocycles. The first-order valence-electron chi connectivity index (χ1n) is 6.17. The number of fused-ring (bicyclic) bond motifs is 1. The van der Waals surface area contributed by atoms with Crippen molar-refractivity contribution >= 4 is 23.0 Å². The summed E-state index contributed by atoms with van der Waals surface area (Å²) in [4.78, 5) is 25.9. The van der Waals surface area contributed by atoms with Gasteiger partial charge in [-0.2, -0.15) is 4.98 Å². The predicted molar refractivity (Wildman–Crippen MR) is 67.1 cm³/mol. The molecule has 0 spiro atoms. The average molecular weight is 262 g/mol. The fraction of sp³-hybridized carbons (Fsp3) is 0.500. The van der Waals surface area contributed by atoms with E-state index in [-0.39, 0.29) is 0 Å². The molecule has 0 bridgehead atoms. The van der Waals surface area contributed by atoms with Crippen LogP contribution in [0.1, 0.15) is 24.6 Å². The first-order valence-corrected chi connectivity index (χ1v) is 6.17. The maximum absolute atomic E-state index is 11.3. The Kier molecular flexibility index (Phi) is 2.62. The van der Waals surface area contributed by atoms with Crippen LogP contribution >= 0.6 is 0 Å². The summed E-state index contributed by atoms with van der Waals surface area (Å²) in [6, 6.07) is -0.547. The van der Waals surface area contributed by atoms with Crippen molar-refractivity contribution in [2.75, 3.05) is 11.4 Å². The molecular formula is C12H14N4O3. The highest BCUT2D eigenvalue weighted by molar-refractivity contribution is 5.86. The number of carboxylic acids is 1. The third kappa shape index (κ3) is 1.91. The summed E-state index contributed by atoms with van der Waals surface area (Å²) in [5.74, 6) is 0.781. The molecule has 3 rings (SSSR count). The normalized spacial score (nSPS) is 19.3. The number of rotatable bonds is 2. The lowest BCUT2D eigenvalue weighted by atomic mass is 10.2. The Morgan fingerprint density at radius 2 is 2.16 bits per heavy atom. The highest BCUT2D eigenvalue weighted by atomic mass is 16.4. The zero-order chi connectivity index (χ0) is 13.6. The van der Waals surface area contributed by atoms with Crippen molar-refractivity contribution in [3.05, 3.63) is 11.7 Å². The molecule has 1 aliphatic heterocycles. The fourth-order valence-corrected chi connectivity index (χ4v) is 2.49. The number of oxazole rings is 1. The van der Waals surface area contributed by atoms with Crippen molar-refractivity contribution in [1.82, 2.24) is 15.0 Å². The second-order valence-corrected chi connectivity index (χ2v) is 4.67. The second kappa shape index (κ2) is 4.18. The minimum absolute atomic E-state index is 0.413. The van der Waals surface area contributed by atoms with Crippen molar-refractivity contribution < 1.29 is 14.3 Å². The van der Waals surface area contributed by atoms with Gasteiger partial charge in [-0.05, 0) is 19.8 Å². The van der Waals surface area contributed by atoms with Crippen LogP contribution in [0.4, 0.5) is 5.82 Å². The summed E-state index contributed by atoms with van der Waals surface area (Å²) in [5.41, 5.74) is 0.951. The van der Waals surface area contributed by atoms with E-state index >= 15 is 0 Å². The lowest BCUT2D eigenvalue weighted by Crippen LogP contribution is -2.36. The van der Waals surface area contributed by atoms with Crippen LogP contribution in [0.25, 0.3) is 11.2 Å². The predicted octanol–water partition coefficient (Wildman–Crippen LogP) is 1.29. The lowest BCUT2D eigenvalue weighted by molar-refractivity contribution is -0.138. The molecule has 3 heterocycles. The lowest BCUT2D eigenvalue weighted by Gasteiger charge is -2.22. The number of carbonyl (C=O) groups is 1. The maximum atomic E-state index is 11.3. The summed E-state index contributed by atoms with van der Waals surface area (Å²) in [6.07, 6.45) is 1.45. The fourth-order valence-electron chi connectivity index (χ4n) is 2.49. The number of hydrogen-bond donors (Lipinski definition) is 1. The van der Waals surface area contributed by atoms with Gasteiger partial charge in [0.25, 0.3) is 5.71 Å². The zero-order valence-electron chi connectivity index (χ0n) is 10.8. The van der Waals surface area contributed by atoms with Crippen LogP contribution < -0.4 is 4.90 Å². The maximum Gasteiger partial charge on any atom is 0.326 e. The minimum Gasteiger partial charge on any atom is -0.480 e. The van der Waals surface area contributed by atoms with Crippen LogP contribution in [0, 0.1) is 13.8 Å². The molecule has 1 fully saturated rings. The largest absolute Gasteiger partial charge is 0.480 e. The van der Waals surface area contributed by atoms with Crippen molar-refractivity contribution in [2.24, 2.45) is 0 Å². The van der Waals surface area contributed by atoms with Gasteiger partial charge in [-0.1, -0.05) is 0 Å². The summed E-state index contributed by atoms with van der Waals surface area (Å²) in [6.45, 7) is 4.15. The molecule has 1 aliphatic rings. The first-order chi connectivity index (χ1) is 9.06. The van der Waals surface area contributed by atoms with E-state index in [1.807, 2.05) is 0 Å². The number of carboxylic acid groups (broad SMARTS) is 1. The van der Waals surface area contributed by atoms with Crippen molar-refractivity contribution in [3.8, 4) is 0 Å². The molecule has 2 aromatic rings. The Hall–Kier alpha value is -2.18. The molecule has 1 N–H and O–H groups in total. The molecule has 1 saturated heterocycles. The van der Waals surface area contributed by atoms with Gasteiger partial charge in [0.1, 0.15) is 11.9 Å². The molecule has 1 atom stereocenters. The number of anilines is 1. The smallest absolute Gasteiger partial charge is 0.326 e. The summed E-state index contributed by atoms with van der Waals surface area (Å²) < 4.78 is 5.41. The molecule has 0 saturated carbocycles. The topological polar surface area (TPSA) is 92.4 Å². The third-order valence-electron chi connectivity index (χ3n) is 3.27. The average Bonchev–Trinajstić information content (AvgIpc) is 2.92. The molecule has 0 unspecified atom stereocenters. The molecule has 7 nitrogen and oxygen atoms in total. The number of hydrogen-bond acceptors (Lipinski definition) is 6. The van der Waals surface area contributed by atoms with Gasteiger partial charge in [-0.25, -0.2) is 14.8 Å². The number of aliphatic carboxylic acids is 1. The van der Waals surface area contributed by atoms with Crippen molar-refractivity contribution in [1.29, 1.82) is 0 Å². The zero-order valence-corrected chi connectivity index (χ0v) is 10.8. The van der Waals surface area contributed by atoms with E-state index in [2.05, 4.69) is 15.0 Å². The molecule has 0 aliphatic carbocycles. The highest BCUT2D eigenvalue weighted by Crippen LogP contribution is 2.30. The minimum atomic E-state index is -0.831. The number of aryl methyl sites for hydroxylation is 2. The standard InChI is InChI=1S/C12H14N4O3/c1-6-13-10(9-11(14-6)19-7(2)15-9)16-5-3-4-8(16)12(17)18/h8H,3-5H2,1-2H3,(H,17,18)/t8-/m0/s1. The Bertz CT molecular complexity index is 652. The van der Waals surface area contributed by atoms with Gasteiger partial charge >= 0.3 is 5.97 Å². The summed E-state index contributed by atoms with van der Waals surface area (Å²) in [7, 11) is 0. The van der Waals surface area contributed by atoms with E-state index in [4.69, 9.17) is 4.42 Å². The summed E-state index contributed by atoms with van der Waals surface area (Å²) >= 11 is 0. The Morgan fingerprint density at radius 1 is 1.37 bits per heavy atom. The number of nitrogens with zero attached hydrogens (tertiary/aromatic N) is 4. The van der Waals surface area contributed by atoms with Crippen molar-refractivity contribution in [3.63, 3.8) is 0 Å². The second-order valence-electron chi connectivity index (χ2n) is 4.67. The molecule has 7 heteroatoms. The van der Waals surface area contributed by atoms with Gasteiger partial charge in [0.2, 0.25) is 0 Å². The quantitative estimate of drug-likeness (QED) is 0.871. The van der Waals surface area contributed by atoms with Crippen molar-refractivity contribution in [2.45, 2.75) is 32.7 Å². The van der Waals surface area contributed by atoms with Gasteiger partial charge < -0.3 is 14.4 Å². The van der Waals surface area contributed by atoms with E-state index in [0.717, 1.165) is 6.42 Å². The molecular weight excluding hydrogens is 248 g/mol. The third-order valence-corrected chi connectivity index (χ3v) is 3.27. The van der Waals surface area contributed by atoms with Gasteiger partial charge in [0.05, 0.1) is 0 Å². The monoisotopic (exact) mass is 262 g/mol. The van der Waals surface area contributed by atoms with Crippen LogP contribution in [-0.2, 0) is 4.79 Å². The highest BCUT2D eigenvalue weighted by Gasteiger charge is 2.33. The first kappa shape index (κ1) is 11.9. The Morgan fingerprint density at radius 3 is 2.89 bits per heavy atom. The van der Waals surface area contributed by atoms with Crippen LogP contribution in [0.3, 0.4) is 0 Å².